The summed E-state index contributed by atoms with van der Waals surface area (Å²) in [6.45, 7) is 1.29. The summed E-state index contributed by atoms with van der Waals surface area (Å²) in [4.78, 5) is 19.7. The molecule has 1 unspecified atom stereocenters. The smallest absolute Gasteiger partial charge is 0.268 e. The molecule has 0 saturated carbocycles. The highest BCUT2D eigenvalue weighted by Crippen LogP contribution is 2.27. The summed E-state index contributed by atoms with van der Waals surface area (Å²) in [5.74, 6) is -1.77. The van der Waals surface area contributed by atoms with E-state index in [-0.39, 0.29) is 23.8 Å². The Kier molecular flexibility index (Phi) is 5.82. The molecule has 9 heteroatoms. The molecule has 1 saturated heterocycles. The molecule has 2 aliphatic rings. The molecule has 1 atom stereocenters. The molecule has 0 aromatic heterocycles. The predicted molar refractivity (Wildman–Crippen MR) is 110 cm³/mol. The van der Waals surface area contributed by atoms with Crippen LogP contribution < -0.4 is 10.2 Å². The monoisotopic (exact) mass is 426 g/mol. The molecule has 2 heterocycles. The van der Waals surface area contributed by atoms with Gasteiger partial charge < -0.3 is 20.2 Å². The standard InChI is InChI=1S/C22H20F2N4O3/c23-14-1-3-18(24)17(10-14)19-11-21(31-27-19)22(30)26-15-2-4-20(13(9-15)12-25)28-7-5-16(29)6-8-28/h1-4,9-10,16,21,29H,5-8,11H2,(H,26,30). The van der Waals surface area contributed by atoms with Gasteiger partial charge in [0.2, 0.25) is 6.10 Å². The van der Waals surface area contributed by atoms with Gasteiger partial charge in [-0.15, -0.1) is 0 Å². The fourth-order valence-electron chi connectivity index (χ4n) is 3.70. The minimum absolute atomic E-state index is 0.00843. The highest BCUT2D eigenvalue weighted by Gasteiger charge is 2.30. The fourth-order valence-corrected chi connectivity index (χ4v) is 3.70. The number of hydrogen-bond donors (Lipinski definition) is 2. The van der Waals surface area contributed by atoms with Crippen LogP contribution in [0.25, 0.3) is 0 Å². The first-order valence-corrected chi connectivity index (χ1v) is 9.90. The van der Waals surface area contributed by atoms with Gasteiger partial charge in [-0.05, 0) is 49.2 Å². The molecule has 1 fully saturated rings. The number of aliphatic hydroxyl groups excluding tert-OH is 1. The van der Waals surface area contributed by atoms with Crippen molar-refractivity contribution in [2.75, 3.05) is 23.3 Å². The molecule has 31 heavy (non-hydrogen) atoms. The number of benzene rings is 2. The number of halogens is 2. The molecule has 0 radical (unpaired) electrons. The molecule has 1 amide bonds. The van der Waals surface area contributed by atoms with Crippen LogP contribution in [0.5, 0.6) is 0 Å². The maximum Gasteiger partial charge on any atom is 0.268 e. The van der Waals surface area contributed by atoms with Crippen molar-refractivity contribution < 1.29 is 23.5 Å². The van der Waals surface area contributed by atoms with Crippen molar-refractivity contribution in [3.8, 4) is 6.07 Å². The van der Waals surface area contributed by atoms with Crippen LogP contribution in [0, 0.1) is 23.0 Å². The first-order valence-electron chi connectivity index (χ1n) is 9.90. The average Bonchev–Trinajstić information content (AvgIpc) is 3.26. The van der Waals surface area contributed by atoms with Crippen molar-refractivity contribution in [2.45, 2.75) is 31.5 Å². The highest BCUT2D eigenvalue weighted by molar-refractivity contribution is 6.06. The third kappa shape index (κ3) is 4.49. The van der Waals surface area contributed by atoms with Gasteiger partial charge in [0.15, 0.2) is 0 Å². The van der Waals surface area contributed by atoms with Crippen molar-refractivity contribution in [1.82, 2.24) is 0 Å². The summed E-state index contributed by atoms with van der Waals surface area (Å²) in [5, 5.41) is 25.6. The van der Waals surface area contributed by atoms with Crippen LogP contribution in [-0.4, -0.2) is 42.0 Å². The molecule has 2 N–H and O–H groups in total. The van der Waals surface area contributed by atoms with Crippen LogP contribution >= 0.6 is 0 Å². The van der Waals surface area contributed by atoms with Crippen molar-refractivity contribution in [3.63, 3.8) is 0 Å². The Labute approximate surface area is 177 Å². The summed E-state index contributed by atoms with van der Waals surface area (Å²) in [6.07, 6.45) is -0.0511. The van der Waals surface area contributed by atoms with E-state index < -0.39 is 23.6 Å². The van der Waals surface area contributed by atoms with Gasteiger partial charge in [-0.25, -0.2) is 8.78 Å². The molecule has 160 valence electrons. The van der Waals surface area contributed by atoms with Crippen LogP contribution in [-0.2, 0) is 9.63 Å². The lowest BCUT2D eigenvalue weighted by molar-refractivity contribution is -0.125. The second-order valence-corrected chi connectivity index (χ2v) is 7.51. The summed E-state index contributed by atoms with van der Waals surface area (Å²) in [6, 6.07) is 10.2. The normalized spacial score (nSPS) is 18.8. The van der Waals surface area contributed by atoms with Crippen LogP contribution in [0.15, 0.2) is 41.6 Å². The number of rotatable bonds is 4. The molecule has 7 nitrogen and oxygen atoms in total. The van der Waals surface area contributed by atoms with Gasteiger partial charge in [0.1, 0.15) is 17.7 Å². The van der Waals surface area contributed by atoms with Crippen LogP contribution in [0.1, 0.15) is 30.4 Å². The van der Waals surface area contributed by atoms with Gasteiger partial charge >= 0.3 is 0 Å². The van der Waals surface area contributed by atoms with Gasteiger partial charge in [0.25, 0.3) is 5.91 Å². The van der Waals surface area contributed by atoms with E-state index in [9.17, 15) is 23.9 Å². The molecule has 2 aromatic carbocycles. The lowest BCUT2D eigenvalue weighted by atomic mass is 10.0. The predicted octanol–water partition coefficient (Wildman–Crippen LogP) is 2.93. The molecular weight excluding hydrogens is 406 g/mol. The quantitative estimate of drug-likeness (QED) is 0.784. The zero-order valence-electron chi connectivity index (χ0n) is 16.5. The van der Waals surface area contributed by atoms with E-state index in [0.29, 0.717) is 37.2 Å². The van der Waals surface area contributed by atoms with E-state index in [1.54, 1.807) is 18.2 Å². The number of piperidine rings is 1. The summed E-state index contributed by atoms with van der Waals surface area (Å²) in [5.41, 5.74) is 1.67. The van der Waals surface area contributed by atoms with Gasteiger partial charge in [0, 0.05) is 30.8 Å². The SMILES string of the molecule is N#Cc1cc(NC(=O)C2CC(c3cc(F)ccc3F)=NO2)ccc1N1CCC(O)CC1. The lowest BCUT2D eigenvalue weighted by Crippen LogP contribution is -2.36. The Morgan fingerprint density at radius 3 is 2.74 bits per heavy atom. The average molecular weight is 426 g/mol. The second kappa shape index (κ2) is 8.70. The minimum atomic E-state index is -0.994. The van der Waals surface area contributed by atoms with E-state index in [0.717, 1.165) is 23.9 Å². The van der Waals surface area contributed by atoms with Crippen LogP contribution in [0.2, 0.25) is 0 Å². The van der Waals surface area contributed by atoms with E-state index in [1.165, 1.54) is 0 Å². The number of amides is 1. The van der Waals surface area contributed by atoms with Gasteiger partial charge in [-0.1, -0.05) is 5.16 Å². The van der Waals surface area contributed by atoms with Gasteiger partial charge in [0.05, 0.1) is 23.1 Å². The zero-order valence-corrected chi connectivity index (χ0v) is 16.5. The highest BCUT2D eigenvalue weighted by atomic mass is 19.1. The van der Waals surface area contributed by atoms with E-state index in [2.05, 4.69) is 16.5 Å². The summed E-state index contributed by atoms with van der Waals surface area (Å²) >= 11 is 0. The largest absolute Gasteiger partial charge is 0.393 e. The molecule has 0 aliphatic carbocycles. The number of nitrogens with one attached hydrogen (secondary N) is 1. The van der Waals surface area contributed by atoms with E-state index in [1.807, 2.05) is 4.90 Å². The number of aliphatic hydroxyl groups is 1. The number of nitrogens with zero attached hydrogens (tertiary/aromatic N) is 3. The van der Waals surface area contributed by atoms with E-state index >= 15 is 0 Å². The van der Waals surface area contributed by atoms with Crippen LogP contribution in [0.3, 0.4) is 0 Å². The molecular formula is C22H20F2N4O3. The van der Waals surface area contributed by atoms with Gasteiger partial charge in [-0.2, -0.15) is 5.26 Å². The summed E-state index contributed by atoms with van der Waals surface area (Å²) in [7, 11) is 0. The lowest BCUT2D eigenvalue weighted by Gasteiger charge is -2.32. The first-order chi connectivity index (χ1) is 14.9. The third-order valence-electron chi connectivity index (χ3n) is 5.39. The van der Waals surface area contributed by atoms with Crippen molar-refractivity contribution >= 4 is 23.0 Å². The molecule has 0 bridgehead atoms. The van der Waals surface area contributed by atoms with Crippen molar-refractivity contribution in [3.05, 3.63) is 59.2 Å². The Morgan fingerprint density at radius 2 is 2.00 bits per heavy atom. The molecule has 2 aliphatic heterocycles. The number of carbonyl (C=O) groups excluding carboxylic acids is 1. The summed E-state index contributed by atoms with van der Waals surface area (Å²) < 4.78 is 27.4. The molecule has 4 rings (SSSR count). The first kappa shape index (κ1) is 20.8. The number of oxime groups is 1. The second-order valence-electron chi connectivity index (χ2n) is 7.51. The van der Waals surface area contributed by atoms with E-state index in [4.69, 9.17) is 4.84 Å². The third-order valence-corrected chi connectivity index (χ3v) is 5.39. The molecule has 0 spiro atoms. The number of hydrogen-bond acceptors (Lipinski definition) is 6. The minimum Gasteiger partial charge on any atom is -0.393 e. The Bertz CT molecular complexity index is 1070. The molecule has 2 aromatic rings. The van der Waals surface area contributed by atoms with Crippen molar-refractivity contribution in [1.29, 1.82) is 5.26 Å². The fraction of sp³-hybridized carbons (Fsp3) is 0.318. The van der Waals surface area contributed by atoms with Crippen molar-refractivity contribution in [2.24, 2.45) is 5.16 Å². The Hall–Kier alpha value is -3.51. The number of carbonyl (C=O) groups is 1. The van der Waals surface area contributed by atoms with Gasteiger partial charge in [-0.3, -0.25) is 4.79 Å². The zero-order chi connectivity index (χ0) is 22.0. The Morgan fingerprint density at radius 1 is 1.23 bits per heavy atom. The number of anilines is 2. The Balaban J connectivity index is 1.42. The maximum absolute atomic E-state index is 13.9. The van der Waals surface area contributed by atoms with Crippen LogP contribution in [0.4, 0.5) is 20.2 Å². The topological polar surface area (TPSA) is 98.0 Å². The number of nitriles is 1. The maximum atomic E-state index is 13.9.